The highest BCUT2D eigenvalue weighted by atomic mass is 32.2. The number of rotatable bonds is 8. The molecule has 3 heterocycles. The van der Waals surface area contributed by atoms with Crippen molar-refractivity contribution in [2.45, 2.75) is 93.4 Å². The summed E-state index contributed by atoms with van der Waals surface area (Å²) in [5.41, 5.74) is 0. The van der Waals surface area contributed by atoms with E-state index in [0.29, 0.717) is 0 Å². The van der Waals surface area contributed by atoms with Crippen LogP contribution >= 0.6 is 23.5 Å². The lowest BCUT2D eigenvalue weighted by atomic mass is 9.99. The molecule has 3 saturated heterocycles. The van der Waals surface area contributed by atoms with Crippen LogP contribution in [-0.2, 0) is 23.7 Å². The van der Waals surface area contributed by atoms with E-state index in [1.807, 2.05) is 13.8 Å². The molecule has 0 radical (unpaired) electrons. The van der Waals surface area contributed by atoms with Gasteiger partial charge in [-0.1, -0.05) is 19.8 Å². The molecule has 0 amide bonds. The number of thioether (sulfide) groups is 2. The molecule has 0 saturated carbocycles. The van der Waals surface area contributed by atoms with Gasteiger partial charge in [0.1, 0.15) is 18.3 Å². The van der Waals surface area contributed by atoms with E-state index in [4.69, 9.17) is 23.7 Å². The summed E-state index contributed by atoms with van der Waals surface area (Å²) in [7, 11) is 3.45. The first kappa shape index (κ1) is 21.2. The quantitative estimate of drug-likeness (QED) is 0.603. The zero-order valence-electron chi connectivity index (χ0n) is 16.7. The topological polar surface area (TPSA) is 46.2 Å². The Bertz CT molecular complexity index is 455. The molecule has 5 nitrogen and oxygen atoms in total. The van der Waals surface area contributed by atoms with Crippen LogP contribution in [0.5, 0.6) is 0 Å². The molecule has 3 aliphatic heterocycles. The van der Waals surface area contributed by atoms with Crippen LogP contribution in [0.1, 0.15) is 52.9 Å². The third-order valence-electron chi connectivity index (χ3n) is 5.39. The van der Waals surface area contributed by atoms with Crippen molar-refractivity contribution < 1.29 is 23.7 Å². The fourth-order valence-electron chi connectivity index (χ4n) is 4.15. The average Bonchev–Trinajstić information content (AvgIpc) is 3.12. The molecule has 0 spiro atoms. The van der Waals surface area contributed by atoms with Crippen molar-refractivity contribution in [1.82, 2.24) is 0 Å². The van der Waals surface area contributed by atoms with E-state index >= 15 is 0 Å². The first-order chi connectivity index (χ1) is 12.4. The van der Waals surface area contributed by atoms with Crippen LogP contribution in [0.15, 0.2) is 0 Å². The van der Waals surface area contributed by atoms with Gasteiger partial charge in [0.15, 0.2) is 12.1 Å². The summed E-state index contributed by atoms with van der Waals surface area (Å²) in [5.74, 6) is 1.86. The zero-order chi connectivity index (χ0) is 18.8. The molecule has 0 bridgehead atoms. The van der Waals surface area contributed by atoms with Gasteiger partial charge < -0.3 is 23.7 Å². The number of unbranched alkanes of at least 4 members (excludes halogenated alkanes) is 1. The van der Waals surface area contributed by atoms with E-state index in [2.05, 4.69) is 30.4 Å². The maximum atomic E-state index is 6.20. The Balaban J connectivity index is 1.74. The van der Waals surface area contributed by atoms with Crippen LogP contribution in [0.3, 0.4) is 0 Å². The second-order valence-corrected chi connectivity index (χ2v) is 11.0. The maximum Gasteiger partial charge on any atom is 0.186 e. The van der Waals surface area contributed by atoms with E-state index in [1.165, 1.54) is 37.2 Å². The number of ether oxygens (including phenoxy) is 5. The van der Waals surface area contributed by atoms with Crippen molar-refractivity contribution >= 4 is 23.5 Å². The lowest BCUT2D eigenvalue weighted by Crippen LogP contribution is -2.43. The van der Waals surface area contributed by atoms with Crippen molar-refractivity contribution in [2.24, 2.45) is 0 Å². The number of fused-ring (bicyclic) bond motifs is 1. The average molecular weight is 407 g/mol. The third kappa shape index (κ3) is 4.56. The van der Waals surface area contributed by atoms with E-state index in [9.17, 15) is 0 Å². The standard InChI is InChI=1S/C19H34O5S2/c1-6-7-9-19(25-10-8-11-26-19)12-13(20-4)14-15-16(17(21-5)22-14)24-18(2,3)23-15/h13-17H,6-12H2,1-5H3/t13-,14-,15+,16+,17+/m1/s1. The van der Waals surface area contributed by atoms with Gasteiger partial charge in [-0.3, -0.25) is 0 Å². The van der Waals surface area contributed by atoms with Gasteiger partial charge in [0, 0.05) is 20.6 Å². The molecular formula is C19H34O5S2. The fourth-order valence-corrected chi connectivity index (χ4v) is 7.63. The molecule has 3 fully saturated rings. The third-order valence-corrected chi connectivity index (χ3v) is 8.88. The predicted molar refractivity (Wildman–Crippen MR) is 107 cm³/mol. The molecule has 26 heavy (non-hydrogen) atoms. The molecule has 0 aromatic carbocycles. The van der Waals surface area contributed by atoms with Gasteiger partial charge in [-0.05, 0) is 38.2 Å². The Morgan fingerprint density at radius 3 is 2.42 bits per heavy atom. The van der Waals surface area contributed by atoms with Gasteiger partial charge in [-0.15, -0.1) is 23.5 Å². The molecule has 0 aromatic rings. The highest BCUT2D eigenvalue weighted by molar-refractivity contribution is 8.18. The summed E-state index contributed by atoms with van der Waals surface area (Å²) < 4.78 is 30.1. The molecule has 0 N–H and O–H groups in total. The van der Waals surface area contributed by atoms with Gasteiger partial charge in [-0.2, -0.15) is 0 Å². The Labute approximate surface area is 166 Å². The molecule has 0 aliphatic carbocycles. The van der Waals surface area contributed by atoms with Crippen LogP contribution in [0, 0.1) is 0 Å². The second-order valence-electron chi connectivity index (χ2n) is 7.81. The number of methoxy groups -OCH3 is 2. The molecule has 3 rings (SSSR count). The Kier molecular flexibility index (Phi) is 7.25. The smallest absolute Gasteiger partial charge is 0.186 e. The molecule has 7 heteroatoms. The molecule has 5 atom stereocenters. The highest BCUT2D eigenvalue weighted by Gasteiger charge is 2.58. The lowest BCUT2D eigenvalue weighted by Gasteiger charge is -2.40. The van der Waals surface area contributed by atoms with Gasteiger partial charge >= 0.3 is 0 Å². The SMILES string of the molecule is CCCCC1(C[C@@H](OC)[C@H]2O[C@H](OC)[C@H]3OC(C)(C)O[C@H]32)SCCCS1. The Morgan fingerprint density at radius 1 is 1.12 bits per heavy atom. The molecule has 3 aliphatic rings. The highest BCUT2D eigenvalue weighted by Crippen LogP contribution is 2.51. The largest absolute Gasteiger partial charge is 0.379 e. The van der Waals surface area contributed by atoms with E-state index in [0.717, 1.165) is 6.42 Å². The summed E-state index contributed by atoms with van der Waals surface area (Å²) in [6.45, 7) is 6.16. The summed E-state index contributed by atoms with van der Waals surface area (Å²) in [6.07, 6.45) is 5.00. The second kappa shape index (κ2) is 8.89. The van der Waals surface area contributed by atoms with Crippen LogP contribution in [-0.4, -0.2) is 66.3 Å². The van der Waals surface area contributed by atoms with E-state index in [-0.39, 0.29) is 28.5 Å². The first-order valence-electron chi connectivity index (χ1n) is 9.78. The monoisotopic (exact) mass is 406 g/mol. The van der Waals surface area contributed by atoms with Crippen molar-refractivity contribution in [3.8, 4) is 0 Å². The normalized spacial score (nSPS) is 36.8. The van der Waals surface area contributed by atoms with Crippen molar-refractivity contribution in [3.05, 3.63) is 0 Å². The van der Waals surface area contributed by atoms with E-state index in [1.54, 1.807) is 14.2 Å². The molecular weight excluding hydrogens is 372 g/mol. The molecule has 0 aromatic heterocycles. The summed E-state index contributed by atoms with van der Waals surface area (Å²) in [5, 5.41) is 0. The van der Waals surface area contributed by atoms with Gasteiger partial charge in [-0.25, -0.2) is 0 Å². The molecule has 152 valence electrons. The predicted octanol–water partition coefficient (Wildman–Crippen LogP) is 4.04. The van der Waals surface area contributed by atoms with Gasteiger partial charge in [0.25, 0.3) is 0 Å². The van der Waals surface area contributed by atoms with Crippen LogP contribution < -0.4 is 0 Å². The van der Waals surface area contributed by atoms with Gasteiger partial charge in [0.2, 0.25) is 0 Å². The summed E-state index contributed by atoms with van der Waals surface area (Å²) in [6, 6.07) is 0. The fraction of sp³-hybridized carbons (Fsp3) is 1.00. The first-order valence-corrected chi connectivity index (χ1v) is 11.8. The van der Waals surface area contributed by atoms with Crippen molar-refractivity contribution in [2.75, 3.05) is 25.7 Å². The minimum absolute atomic E-state index is 0.0323. The van der Waals surface area contributed by atoms with Gasteiger partial charge in [0.05, 0.1) is 10.2 Å². The Morgan fingerprint density at radius 2 is 1.81 bits per heavy atom. The lowest BCUT2D eigenvalue weighted by molar-refractivity contribution is -0.238. The number of hydrogen-bond acceptors (Lipinski definition) is 7. The summed E-state index contributed by atoms with van der Waals surface area (Å²) in [4.78, 5) is 0. The number of hydrogen-bond donors (Lipinski definition) is 0. The zero-order valence-corrected chi connectivity index (χ0v) is 18.3. The maximum absolute atomic E-state index is 6.20. The minimum Gasteiger partial charge on any atom is -0.379 e. The van der Waals surface area contributed by atoms with Crippen LogP contribution in [0.4, 0.5) is 0 Å². The minimum atomic E-state index is -0.610. The summed E-state index contributed by atoms with van der Waals surface area (Å²) >= 11 is 4.22. The van der Waals surface area contributed by atoms with Crippen LogP contribution in [0.2, 0.25) is 0 Å². The van der Waals surface area contributed by atoms with Crippen molar-refractivity contribution in [3.63, 3.8) is 0 Å². The van der Waals surface area contributed by atoms with Crippen molar-refractivity contribution in [1.29, 1.82) is 0 Å². The Hall–Kier alpha value is 0.500. The van der Waals surface area contributed by atoms with E-state index < -0.39 is 12.1 Å². The molecule has 0 unspecified atom stereocenters. The van der Waals surface area contributed by atoms with Crippen LogP contribution in [0.25, 0.3) is 0 Å².